The number of carbonyl (C=O) groups is 1. The third-order valence-electron chi connectivity index (χ3n) is 4.81. The van der Waals surface area contributed by atoms with Gasteiger partial charge in [0.25, 0.3) is 5.56 Å². The number of halogens is 2. The van der Waals surface area contributed by atoms with Crippen LogP contribution in [-0.2, 0) is 18.9 Å². The molecule has 1 aliphatic rings. The van der Waals surface area contributed by atoms with Gasteiger partial charge < -0.3 is 10.2 Å². The average Bonchev–Trinajstić information content (AvgIpc) is 2.65. The zero-order valence-corrected chi connectivity index (χ0v) is 15.0. The van der Waals surface area contributed by atoms with Gasteiger partial charge >= 0.3 is 5.69 Å². The first-order chi connectivity index (χ1) is 12.8. The molecule has 1 unspecified atom stereocenters. The van der Waals surface area contributed by atoms with E-state index in [9.17, 15) is 23.2 Å². The molecule has 9 heteroatoms. The van der Waals surface area contributed by atoms with Gasteiger partial charge in [0, 0.05) is 39.3 Å². The largest absolute Gasteiger partial charge is 0.357 e. The highest BCUT2D eigenvalue weighted by Gasteiger charge is 2.28. The Balaban J connectivity index is 1.79. The van der Waals surface area contributed by atoms with Crippen LogP contribution >= 0.6 is 0 Å². The minimum Gasteiger partial charge on any atom is -0.357 e. The summed E-state index contributed by atoms with van der Waals surface area (Å²) in [6.45, 7) is 0.879. The maximum Gasteiger partial charge on any atom is 0.332 e. The Morgan fingerprint density at radius 1 is 1.15 bits per heavy atom. The van der Waals surface area contributed by atoms with Gasteiger partial charge in [-0.05, 0) is 25.0 Å². The standard InChI is InChI=1S/C18H20F2N4O3/c1-22-15(9-16(25)23(2)18(22)27)24-7-3-4-11(10-24)17(26)21-14-6-5-12(19)8-13(14)20/h5-6,8-9,11H,3-4,7,10H2,1-2H3,(H,21,26). The summed E-state index contributed by atoms with van der Waals surface area (Å²) in [5.74, 6) is -1.97. The lowest BCUT2D eigenvalue weighted by atomic mass is 9.97. The fourth-order valence-electron chi connectivity index (χ4n) is 3.25. The molecule has 27 heavy (non-hydrogen) atoms. The van der Waals surface area contributed by atoms with Gasteiger partial charge in [0.05, 0.1) is 11.6 Å². The number of nitrogens with zero attached hydrogens (tertiary/aromatic N) is 3. The van der Waals surface area contributed by atoms with Crippen molar-refractivity contribution in [3.63, 3.8) is 0 Å². The summed E-state index contributed by atoms with van der Waals surface area (Å²) >= 11 is 0. The maximum absolute atomic E-state index is 13.8. The first kappa shape index (κ1) is 18.8. The third-order valence-corrected chi connectivity index (χ3v) is 4.81. The van der Waals surface area contributed by atoms with Crippen molar-refractivity contribution < 1.29 is 13.6 Å². The highest BCUT2D eigenvalue weighted by Crippen LogP contribution is 2.23. The lowest BCUT2D eigenvalue weighted by Crippen LogP contribution is -2.45. The van der Waals surface area contributed by atoms with Crippen LogP contribution in [0.4, 0.5) is 20.3 Å². The van der Waals surface area contributed by atoms with Gasteiger partial charge in [-0.25, -0.2) is 13.6 Å². The van der Waals surface area contributed by atoms with Gasteiger partial charge in [-0.15, -0.1) is 0 Å². The summed E-state index contributed by atoms with van der Waals surface area (Å²) in [5, 5.41) is 2.48. The van der Waals surface area contributed by atoms with Crippen LogP contribution in [0.15, 0.2) is 33.9 Å². The topological polar surface area (TPSA) is 76.3 Å². The lowest BCUT2D eigenvalue weighted by molar-refractivity contribution is -0.120. The number of benzene rings is 1. The fraction of sp³-hybridized carbons (Fsp3) is 0.389. The van der Waals surface area contributed by atoms with Gasteiger partial charge in [-0.3, -0.25) is 18.7 Å². The van der Waals surface area contributed by atoms with Crippen molar-refractivity contribution in [2.24, 2.45) is 20.0 Å². The molecule has 1 aliphatic heterocycles. The van der Waals surface area contributed by atoms with E-state index >= 15 is 0 Å². The van der Waals surface area contributed by atoms with Crippen LogP contribution in [0.1, 0.15) is 12.8 Å². The SMILES string of the molecule is Cn1c(N2CCCC(C(=O)Nc3ccc(F)cc3F)C2)cc(=O)n(C)c1=O. The van der Waals surface area contributed by atoms with Crippen molar-refractivity contribution in [2.75, 3.05) is 23.3 Å². The zero-order valence-electron chi connectivity index (χ0n) is 15.0. The van der Waals surface area contributed by atoms with Crippen LogP contribution in [-0.4, -0.2) is 28.1 Å². The van der Waals surface area contributed by atoms with Crippen LogP contribution in [0.25, 0.3) is 0 Å². The summed E-state index contributed by atoms with van der Waals surface area (Å²) in [4.78, 5) is 38.4. The number of carbonyl (C=O) groups excluding carboxylic acids is 1. The summed E-state index contributed by atoms with van der Waals surface area (Å²) in [7, 11) is 2.97. The Labute approximate surface area is 153 Å². The summed E-state index contributed by atoms with van der Waals surface area (Å²) < 4.78 is 29.1. The van der Waals surface area contributed by atoms with Crippen LogP contribution in [0, 0.1) is 17.6 Å². The smallest absolute Gasteiger partial charge is 0.332 e. The molecule has 2 aromatic rings. The molecule has 0 saturated carbocycles. The molecule has 0 aliphatic carbocycles. The van der Waals surface area contributed by atoms with Crippen LogP contribution in [0.2, 0.25) is 0 Å². The number of amides is 1. The molecular formula is C18H20F2N4O3. The van der Waals surface area contributed by atoms with E-state index in [1.165, 1.54) is 23.7 Å². The van der Waals surface area contributed by atoms with E-state index in [-0.39, 0.29) is 18.1 Å². The van der Waals surface area contributed by atoms with Crippen molar-refractivity contribution in [1.29, 1.82) is 0 Å². The Bertz CT molecular complexity index is 999. The maximum atomic E-state index is 13.8. The highest BCUT2D eigenvalue weighted by molar-refractivity contribution is 5.93. The normalized spacial score (nSPS) is 17.0. The Hall–Kier alpha value is -2.97. The number of aromatic nitrogens is 2. The number of nitrogens with one attached hydrogen (secondary N) is 1. The molecule has 1 atom stereocenters. The Kier molecular flexibility index (Phi) is 5.11. The minimum absolute atomic E-state index is 0.0838. The molecule has 7 nitrogen and oxygen atoms in total. The summed E-state index contributed by atoms with van der Waals surface area (Å²) in [6, 6.07) is 4.31. The first-order valence-corrected chi connectivity index (χ1v) is 8.56. The molecule has 1 N–H and O–H groups in total. The molecule has 1 saturated heterocycles. The van der Waals surface area contributed by atoms with Crippen LogP contribution in [0.5, 0.6) is 0 Å². The fourth-order valence-corrected chi connectivity index (χ4v) is 3.25. The molecule has 0 radical (unpaired) electrons. The van der Waals surface area contributed by atoms with E-state index in [4.69, 9.17) is 0 Å². The predicted molar refractivity (Wildman–Crippen MR) is 96.8 cm³/mol. The van der Waals surface area contributed by atoms with E-state index in [0.717, 1.165) is 10.6 Å². The second kappa shape index (κ2) is 7.34. The molecule has 1 fully saturated rings. The molecule has 1 aromatic carbocycles. The molecule has 3 rings (SSSR count). The summed E-state index contributed by atoms with van der Waals surface area (Å²) in [5.41, 5.74) is -0.954. The number of anilines is 2. The highest BCUT2D eigenvalue weighted by atomic mass is 19.1. The van der Waals surface area contributed by atoms with Gasteiger partial charge in [0.2, 0.25) is 5.91 Å². The Morgan fingerprint density at radius 2 is 1.89 bits per heavy atom. The van der Waals surface area contributed by atoms with E-state index in [1.54, 1.807) is 11.9 Å². The molecule has 1 aromatic heterocycles. The molecule has 0 bridgehead atoms. The predicted octanol–water partition coefficient (Wildman–Crippen LogP) is 1.22. The van der Waals surface area contributed by atoms with E-state index in [1.807, 2.05) is 0 Å². The van der Waals surface area contributed by atoms with Gasteiger partial charge in [0.15, 0.2) is 0 Å². The van der Waals surface area contributed by atoms with E-state index < -0.39 is 28.8 Å². The quantitative estimate of drug-likeness (QED) is 0.871. The van der Waals surface area contributed by atoms with Crippen LogP contribution in [0.3, 0.4) is 0 Å². The molecule has 2 heterocycles. The average molecular weight is 378 g/mol. The number of hydrogen-bond acceptors (Lipinski definition) is 4. The second-order valence-electron chi connectivity index (χ2n) is 6.64. The van der Waals surface area contributed by atoms with E-state index in [2.05, 4.69) is 5.32 Å². The van der Waals surface area contributed by atoms with Crippen molar-refractivity contribution in [1.82, 2.24) is 9.13 Å². The zero-order chi connectivity index (χ0) is 19.7. The van der Waals surface area contributed by atoms with Crippen molar-refractivity contribution >= 4 is 17.4 Å². The first-order valence-electron chi connectivity index (χ1n) is 8.56. The van der Waals surface area contributed by atoms with Gasteiger partial charge in [0.1, 0.15) is 17.5 Å². The minimum atomic E-state index is -0.843. The van der Waals surface area contributed by atoms with Gasteiger partial charge in [-0.1, -0.05) is 0 Å². The Morgan fingerprint density at radius 3 is 2.59 bits per heavy atom. The van der Waals surface area contributed by atoms with Crippen molar-refractivity contribution in [3.8, 4) is 0 Å². The molecular weight excluding hydrogens is 358 g/mol. The third kappa shape index (κ3) is 3.76. The van der Waals surface area contributed by atoms with Crippen LogP contribution < -0.4 is 21.5 Å². The van der Waals surface area contributed by atoms with Gasteiger partial charge in [-0.2, -0.15) is 0 Å². The molecule has 1 amide bonds. The second-order valence-corrected chi connectivity index (χ2v) is 6.64. The van der Waals surface area contributed by atoms with E-state index in [0.29, 0.717) is 31.3 Å². The number of hydrogen-bond donors (Lipinski definition) is 1. The monoisotopic (exact) mass is 378 g/mol. The lowest BCUT2D eigenvalue weighted by Gasteiger charge is -2.34. The summed E-state index contributed by atoms with van der Waals surface area (Å²) in [6.07, 6.45) is 1.26. The molecule has 144 valence electrons. The number of rotatable bonds is 3. The number of piperidine rings is 1. The molecule has 0 spiro atoms. The van der Waals surface area contributed by atoms with Crippen molar-refractivity contribution in [2.45, 2.75) is 12.8 Å². The van der Waals surface area contributed by atoms with Crippen molar-refractivity contribution in [3.05, 3.63) is 56.7 Å².